The molecule has 0 bridgehead atoms. The molecule has 0 heterocycles. The van der Waals surface area contributed by atoms with E-state index >= 15 is 0 Å². The van der Waals surface area contributed by atoms with Gasteiger partial charge in [0.2, 0.25) is 11.8 Å². The highest BCUT2D eigenvalue weighted by atomic mass is 16.2. The smallest absolute Gasteiger partial charge is 0.247 e. The molecule has 0 spiro atoms. The molecule has 6 nitrogen and oxygen atoms in total. The summed E-state index contributed by atoms with van der Waals surface area (Å²) in [4.78, 5) is 24.6. The van der Waals surface area contributed by atoms with Crippen LogP contribution in [0, 0.1) is 34.7 Å². The number of carbonyl (C=O) groups is 2. The normalized spacial score (nSPS) is 16.8. The van der Waals surface area contributed by atoms with Crippen LogP contribution >= 0.6 is 0 Å². The molecule has 0 radical (unpaired) electrons. The SMILES string of the molecule is CN(C#N)C(=O)C(CC1CCCCC1)C(=O)NC#N. The van der Waals surface area contributed by atoms with Gasteiger partial charge in [0.25, 0.3) is 0 Å². The Labute approximate surface area is 113 Å². The standard InChI is InChI=1S/C13H18N4O2/c1-17(9-15)13(19)11(12(18)16-8-14)7-10-5-3-2-4-6-10/h10-11H,2-7H2,1H3,(H,16,18). The van der Waals surface area contributed by atoms with Crippen molar-refractivity contribution in [1.29, 1.82) is 10.5 Å². The molecule has 1 aliphatic carbocycles. The van der Waals surface area contributed by atoms with E-state index in [-0.39, 0.29) is 0 Å². The van der Waals surface area contributed by atoms with E-state index in [2.05, 4.69) is 0 Å². The van der Waals surface area contributed by atoms with Crippen LogP contribution in [0.4, 0.5) is 0 Å². The first-order valence-electron chi connectivity index (χ1n) is 6.46. The van der Waals surface area contributed by atoms with Crippen LogP contribution in [-0.4, -0.2) is 23.8 Å². The molecule has 1 N–H and O–H groups in total. The molecule has 1 saturated carbocycles. The molecule has 0 aliphatic heterocycles. The summed E-state index contributed by atoms with van der Waals surface area (Å²) in [6, 6.07) is 0. The fourth-order valence-corrected chi connectivity index (χ4v) is 2.50. The minimum absolute atomic E-state index is 0.319. The van der Waals surface area contributed by atoms with Crippen LogP contribution in [0.5, 0.6) is 0 Å². The van der Waals surface area contributed by atoms with Crippen molar-refractivity contribution in [3.8, 4) is 12.4 Å². The fourth-order valence-electron chi connectivity index (χ4n) is 2.50. The van der Waals surface area contributed by atoms with Crippen LogP contribution in [0.1, 0.15) is 38.5 Å². The van der Waals surface area contributed by atoms with E-state index in [9.17, 15) is 9.59 Å². The maximum atomic E-state index is 12.0. The molecule has 2 amide bonds. The molecule has 6 heteroatoms. The molecule has 0 saturated heterocycles. The van der Waals surface area contributed by atoms with E-state index in [0.29, 0.717) is 12.3 Å². The van der Waals surface area contributed by atoms with Crippen molar-refractivity contribution >= 4 is 11.8 Å². The van der Waals surface area contributed by atoms with Crippen molar-refractivity contribution in [3.63, 3.8) is 0 Å². The summed E-state index contributed by atoms with van der Waals surface area (Å²) < 4.78 is 0. The van der Waals surface area contributed by atoms with Crippen molar-refractivity contribution in [2.45, 2.75) is 38.5 Å². The summed E-state index contributed by atoms with van der Waals surface area (Å²) in [5.41, 5.74) is 0. The Balaban J connectivity index is 2.74. The average molecular weight is 262 g/mol. The Morgan fingerprint density at radius 1 is 1.32 bits per heavy atom. The van der Waals surface area contributed by atoms with Gasteiger partial charge in [0.1, 0.15) is 5.92 Å². The quantitative estimate of drug-likeness (QED) is 0.466. The molecule has 1 unspecified atom stereocenters. The average Bonchev–Trinajstić information content (AvgIpc) is 2.44. The molecule has 0 aromatic rings. The number of nitrogens with zero attached hydrogens (tertiary/aromatic N) is 3. The van der Waals surface area contributed by atoms with Crippen molar-refractivity contribution in [1.82, 2.24) is 10.2 Å². The number of hydrogen-bond acceptors (Lipinski definition) is 4. The van der Waals surface area contributed by atoms with Gasteiger partial charge in [-0.15, -0.1) is 0 Å². The molecule has 1 aliphatic rings. The van der Waals surface area contributed by atoms with Gasteiger partial charge in [-0.2, -0.15) is 10.5 Å². The van der Waals surface area contributed by atoms with E-state index in [1.54, 1.807) is 12.4 Å². The molecule has 19 heavy (non-hydrogen) atoms. The van der Waals surface area contributed by atoms with Crippen molar-refractivity contribution < 1.29 is 9.59 Å². The van der Waals surface area contributed by atoms with Crippen LogP contribution in [0.3, 0.4) is 0 Å². The maximum Gasteiger partial charge on any atom is 0.247 e. The number of rotatable bonds is 4. The topological polar surface area (TPSA) is 97.0 Å². The van der Waals surface area contributed by atoms with Crippen molar-refractivity contribution in [2.24, 2.45) is 11.8 Å². The molecule has 102 valence electrons. The Bertz CT molecular complexity index is 415. The Hall–Kier alpha value is -2.08. The van der Waals surface area contributed by atoms with Crippen molar-refractivity contribution in [2.75, 3.05) is 7.05 Å². The summed E-state index contributed by atoms with van der Waals surface area (Å²) in [6.07, 6.45) is 9.07. The first-order chi connectivity index (χ1) is 9.10. The van der Waals surface area contributed by atoms with E-state index in [4.69, 9.17) is 10.5 Å². The van der Waals surface area contributed by atoms with Gasteiger partial charge in [-0.1, -0.05) is 32.1 Å². The second kappa shape index (κ2) is 7.38. The lowest BCUT2D eigenvalue weighted by Gasteiger charge is -2.25. The lowest BCUT2D eigenvalue weighted by molar-refractivity contribution is -0.139. The largest absolute Gasteiger partial charge is 0.273 e. The summed E-state index contributed by atoms with van der Waals surface area (Å²) in [5.74, 6) is -1.77. The summed E-state index contributed by atoms with van der Waals surface area (Å²) in [6.45, 7) is 0. The Morgan fingerprint density at radius 2 is 1.95 bits per heavy atom. The number of hydrogen-bond donors (Lipinski definition) is 1. The third-order valence-electron chi connectivity index (χ3n) is 3.57. The maximum absolute atomic E-state index is 12.0. The van der Waals surface area contributed by atoms with Crippen LogP contribution in [-0.2, 0) is 9.59 Å². The van der Waals surface area contributed by atoms with Gasteiger partial charge in [-0.3, -0.25) is 19.8 Å². The highest BCUT2D eigenvalue weighted by Crippen LogP contribution is 2.29. The highest BCUT2D eigenvalue weighted by molar-refractivity contribution is 6.01. The highest BCUT2D eigenvalue weighted by Gasteiger charge is 2.32. The summed E-state index contributed by atoms with van der Waals surface area (Å²) in [5, 5.41) is 19.2. The van der Waals surface area contributed by atoms with Gasteiger partial charge >= 0.3 is 0 Å². The second-order valence-electron chi connectivity index (χ2n) is 4.89. The predicted molar refractivity (Wildman–Crippen MR) is 66.8 cm³/mol. The Kier molecular flexibility index (Phi) is 5.81. The minimum Gasteiger partial charge on any atom is -0.273 e. The molecule has 0 aromatic carbocycles. The number of nitriles is 2. The van der Waals surface area contributed by atoms with E-state index in [1.165, 1.54) is 13.5 Å². The molecule has 1 fully saturated rings. The van der Waals surface area contributed by atoms with Crippen LogP contribution < -0.4 is 5.32 Å². The monoisotopic (exact) mass is 262 g/mol. The molecule has 0 aromatic heterocycles. The first-order valence-corrected chi connectivity index (χ1v) is 6.46. The predicted octanol–water partition coefficient (Wildman–Crippen LogP) is 1.11. The Morgan fingerprint density at radius 3 is 2.47 bits per heavy atom. The van der Waals surface area contributed by atoms with Crippen molar-refractivity contribution in [3.05, 3.63) is 0 Å². The van der Waals surface area contributed by atoms with Gasteiger partial charge in [-0.25, -0.2) is 0 Å². The van der Waals surface area contributed by atoms with Gasteiger partial charge < -0.3 is 0 Å². The number of carbonyl (C=O) groups excluding carboxylic acids is 2. The third-order valence-corrected chi connectivity index (χ3v) is 3.57. The lowest BCUT2D eigenvalue weighted by Crippen LogP contribution is -2.40. The van der Waals surface area contributed by atoms with Crippen LogP contribution in [0.15, 0.2) is 0 Å². The lowest BCUT2D eigenvalue weighted by atomic mass is 9.82. The zero-order chi connectivity index (χ0) is 14.3. The van der Waals surface area contributed by atoms with Crippen LogP contribution in [0.25, 0.3) is 0 Å². The number of nitrogens with one attached hydrogen (secondary N) is 1. The fraction of sp³-hybridized carbons (Fsp3) is 0.692. The molecule has 1 atom stereocenters. The number of amides is 2. The third kappa shape index (κ3) is 4.26. The zero-order valence-electron chi connectivity index (χ0n) is 11.1. The van der Waals surface area contributed by atoms with Gasteiger partial charge in [0.15, 0.2) is 12.4 Å². The minimum atomic E-state index is -0.938. The van der Waals surface area contributed by atoms with E-state index < -0.39 is 17.7 Å². The molecular weight excluding hydrogens is 244 g/mol. The molecular formula is C13H18N4O2. The zero-order valence-corrected chi connectivity index (χ0v) is 11.1. The van der Waals surface area contributed by atoms with Gasteiger partial charge in [-0.05, 0) is 12.3 Å². The van der Waals surface area contributed by atoms with Gasteiger partial charge in [0, 0.05) is 7.05 Å². The first kappa shape index (κ1) is 15.0. The van der Waals surface area contributed by atoms with E-state index in [0.717, 1.165) is 30.6 Å². The summed E-state index contributed by atoms with van der Waals surface area (Å²) >= 11 is 0. The van der Waals surface area contributed by atoms with E-state index in [1.807, 2.05) is 5.32 Å². The summed E-state index contributed by atoms with van der Waals surface area (Å²) in [7, 11) is 1.33. The molecule has 1 rings (SSSR count). The van der Waals surface area contributed by atoms with Crippen LogP contribution in [0.2, 0.25) is 0 Å². The van der Waals surface area contributed by atoms with Gasteiger partial charge in [0.05, 0.1) is 0 Å². The second-order valence-corrected chi connectivity index (χ2v) is 4.89.